The molecule has 0 fully saturated rings. The lowest BCUT2D eigenvalue weighted by atomic mass is 9.90. The molecule has 2 aromatic heterocycles. The number of fused-ring (bicyclic) bond motifs is 3. The molecule has 0 saturated heterocycles. The molecule has 0 spiro atoms. The van der Waals surface area contributed by atoms with Crippen molar-refractivity contribution < 1.29 is 4.79 Å². The van der Waals surface area contributed by atoms with Crippen molar-refractivity contribution in [3.8, 4) is 0 Å². The highest BCUT2D eigenvalue weighted by atomic mass is 35.5. The fourth-order valence-corrected chi connectivity index (χ4v) is 4.63. The van der Waals surface area contributed by atoms with Crippen molar-refractivity contribution in [3.63, 3.8) is 0 Å². The number of aryl methyl sites for hydroxylation is 1. The van der Waals surface area contributed by atoms with Crippen molar-refractivity contribution in [2.75, 3.05) is 11.2 Å². The molecule has 4 rings (SSSR count). The third-order valence-corrected chi connectivity index (χ3v) is 6.22. The number of aromatic nitrogens is 1. The van der Waals surface area contributed by atoms with E-state index in [0.29, 0.717) is 15.6 Å². The first-order valence-corrected chi connectivity index (χ1v) is 10.0. The summed E-state index contributed by atoms with van der Waals surface area (Å²) in [6.07, 6.45) is 5.84. The molecule has 138 valence electrons. The topological polar surface area (TPSA) is 80.4 Å². The van der Waals surface area contributed by atoms with Gasteiger partial charge in [-0.25, -0.2) is 4.98 Å². The van der Waals surface area contributed by atoms with Gasteiger partial charge in [-0.1, -0.05) is 23.7 Å². The molecule has 0 amide bonds. The maximum Gasteiger partial charge on any atom is 0.171 e. The van der Waals surface area contributed by atoms with Crippen LogP contribution in [-0.4, -0.2) is 17.0 Å². The van der Waals surface area contributed by atoms with E-state index in [1.807, 2.05) is 24.3 Å². The zero-order chi connectivity index (χ0) is 19.0. The Hall–Kier alpha value is -2.44. The van der Waals surface area contributed by atoms with Gasteiger partial charge in [-0.2, -0.15) is 5.10 Å². The number of anilines is 2. The molecule has 0 radical (unpaired) electrons. The SMILES string of the molecule is CC(=O)c1sc2nc(N/N=C/c3ccc(Cl)cc3)c3c(c2c1N)CCCC3. The van der Waals surface area contributed by atoms with E-state index in [1.165, 1.54) is 16.9 Å². The molecular weight excluding hydrogens is 380 g/mol. The second-order valence-electron chi connectivity index (χ2n) is 6.63. The fourth-order valence-electron chi connectivity index (χ4n) is 3.48. The number of rotatable bonds is 4. The summed E-state index contributed by atoms with van der Waals surface area (Å²) in [7, 11) is 0. The van der Waals surface area contributed by atoms with E-state index in [0.717, 1.165) is 52.8 Å². The van der Waals surface area contributed by atoms with Crippen LogP contribution < -0.4 is 11.2 Å². The van der Waals surface area contributed by atoms with E-state index >= 15 is 0 Å². The van der Waals surface area contributed by atoms with Crippen LogP contribution in [0.4, 0.5) is 11.5 Å². The van der Waals surface area contributed by atoms with Crippen LogP contribution in [-0.2, 0) is 12.8 Å². The number of nitrogen functional groups attached to an aromatic ring is 1. The molecule has 1 aliphatic carbocycles. The minimum absolute atomic E-state index is 0.0182. The molecule has 0 bridgehead atoms. The zero-order valence-corrected chi connectivity index (χ0v) is 16.5. The van der Waals surface area contributed by atoms with Crippen LogP contribution in [0.5, 0.6) is 0 Å². The van der Waals surface area contributed by atoms with Crippen molar-refractivity contribution in [3.05, 3.63) is 50.9 Å². The Morgan fingerprint density at radius 1 is 1.26 bits per heavy atom. The largest absolute Gasteiger partial charge is 0.397 e. The molecule has 0 atom stereocenters. The summed E-state index contributed by atoms with van der Waals surface area (Å²) in [6.45, 7) is 1.54. The lowest BCUT2D eigenvalue weighted by molar-refractivity contribution is 0.102. The van der Waals surface area contributed by atoms with Crippen LogP contribution in [0.2, 0.25) is 5.02 Å². The third-order valence-electron chi connectivity index (χ3n) is 4.77. The van der Waals surface area contributed by atoms with E-state index in [4.69, 9.17) is 22.3 Å². The van der Waals surface area contributed by atoms with Gasteiger partial charge in [0.05, 0.1) is 16.8 Å². The number of hydrogen-bond acceptors (Lipinski definition) is 6. The Morgan fingerprint density at radius 3 is 2.67 bits per heavy atom. The number of ketones is 1. The predicted octanol–water partition coefficient (Wildman–Crippen LogP) is 5.06. The Morgan fingerprint density at radius 2 is 1.96 bits per heavy atom. The highest BCUT2D eigenvalue weighted by Gasteiger charge is 2.24. The van der Waals surface area contributed by atoms with E-state index in [9.17, 15) is 4.79 Å². The van der Waals surface area contributed by atoms with Crippen LogP contribution in [0.15, 0.2) is 29.4 Å². The standard InChI is InChI=1S/C20H19ClN4OS/c1-11(26)18-17(22)16-14-4-2-3-5-15(14)19(24-20(16)27-18)25-23-10-12-6-8-13(21)9-7-12/h6-10H,2-5,22H2,1H3,(H,24,25)/b23-10+. The number of hydrogen-bond donors (Lipinski definition) is 2. The normalized spacial score (nSPS) is 13.9. The summed E-state index contributed by atoms with van der Waals surface area (Å²) < 4.78 is 0. The number of halogens is 1. The van der Waals surface area contributed by atoms with Gasteiger partial charge in [-0.05, 0) is 48.9 Å². The van der Waals surface area contributed by atoms with Gasteiger partial charge in [0.25, 0.3) is 0 Å². The van der Waals surface area contributed by atoms with Crippen molar-refractivity contribution in [1.29, 1.82) is 0 Å². The summed E-state index contributed by atoms with van der Waals surface area (Å²) >= 11 is 7.27. The molecule has 1 aromatic carbocycles. The Bertz CT molecular complexity index is 1060. The lowest BCUT2D eigenvalue weighted by Gasteiger charge is -2.19. The maximum absolute atomic E-state index is 11.9. The first-order valence-electron chi connectivity index (χ1n) is 8.84. The van der Waals surface area contributed by atoms with Crippen LogP contribution in [0.3, 0.4) is 0 Å². The highest BCUT2D eigenvalue weighted by Crippen LogP contribution is 2.41. The minimum atomic E-state index is -0.0182. The Labute approximate surface area is 166 Å². The average molecular weight is 399 g/mol. The van der Waals surface area contributed by atoms with Crippen molar-refractivity contribution in [2.24, 2.45) is 5.10 Å². The molecule has 3 N–H and O–H groups in total. The van der Waals surface area contributed by atoms with Crippen molar-refractivity contribution >= 4 is 56.7 Å². The Balaban J connectivity index is 1.74. The second kappa shape index (κ2) is 7.29. The summed E-state index contributed by atoms with van der Waals surface area (Å²) in [4.78, 5) is 18.0. The first kappa shape index (κ1) is 17.9. The van der Waals surface area contributed by atoms with Gasteiger partial charge in [-0.15, -0.1) is 11.3 Å². The monoisotopic (exact) mass is 398 g/mol. The number of Topliss-reactive ketones (excluding diaryl/α,β-unsaturated/α-hetero) is 1. The molecule has 7 heteroatoms. The van der Waals surface area contributed by atoms with Crippen LogP contribution in [0.25, 0.3) is 10.2 Å². The summed E-state index contributed by atoms with van der Waals surface area (Å²) in [5.74, 6) is 0.731. The number of carbonyl (C=O) groups is 1. The minimum Gasteiger partial charge on any atom is -0.397 e. The smallest absolute Gasteiger partial charge is 0.171 e. The quantitative estimate of drug-likeness (QED) is 0.365. The number of pyridine rings is 1. The van der Waals surface area contributed by atoms with E-state index in [1.54, 1.807) is 13.1 Å². The maximum atomic E-state index is 11.9. The highest BCUT2D eigenvalue weighted by molar-refractivity contribution is 7.21. The summed E-state index contributed by atoms with van der Waals surface area (Å²) in [5, 5.41) is 5.99. The van der Waals surface area contributed by atoms with Crippen molar-refractivity contribution in [1.82, 2.24) is 4.98 Å². The van der Waals surface area contributed by atoms with Gasteiger partial charge in [-0.3, -0.25) is 10.2 Å². The van der Waals surface area contributed by atoms with Gasteiger partial charge in [0.1, 0.15) is 4.83 Å². The van der Waals surface area contributed by atoms with Gasteiger partial charge >= 0.3 is 0 Å². The third kappa shape index (κ3) is 3.42. The number of thiophene rings is 1. The Kier molecular flexibility index (Phi) is 4.85. The van der Waals surface area contributed by atoms with Crippen LogP contribution >= 0.6 is 22.9 Å². The molecule has 0 unspecified atom stereocenters. The zero-order valence-electron chi connectivity index (χ0n) is 14.9. The summed E-state index contributed by atoms with van der Waals surface area (Å²) in [6, 6.07) is 7.46. The van der Waals surface area contributed by atoms with E-state index in [2.05, 4.69) is 10.5 Å². The second-order valence-corrected chi connectivity index (χ2v) is 8.06. The van der Waals surface area contributed by atoms with E-state index in [-0.39, 0.29) is 5.78 Å². The summed E-state index contributed by atoms with van der Waals surface area (Å²) in [5.41, 5.74) is 13.3. The molecule has 2 heterocycles. The predicted molar refractivity (Wildman–Crippen MR) is 113 cm³/mol. The van der Waals surface area contributed by atoms with Gasteiger partial charge in [0.15, 0.2) is 11.6 Å². The number of carbonyl (C=O) groups excluding carboxylic acids is 1. The van der Waals surface area contributed by atoms with Crippen LogP contribution in [0, 0.1) is 0 Å². The number of nitrogens with zero attached hydrogens (tertiary/aromatic N) is 2. The number of benzene rings is 1. The average Bonchev–Trinajstić information content (AvgIpc) is 3.00. The van der Waals surface area contributed by atoms with Crippen molar-refractivity contribution in [2.45, 2.75) is 32.6 Å². The van der Waals surface area contributed by atoms with Gasteiger partial charge in [0, 0.05) is 22.9 Å². The molecular formula is C20H19ClN4OS. The molecule has 0 saturated carbocycles. The molecule has 1 aliphatic rings. The lowest BCUT2D eigenvalue weighted by Crippen LogP contribution is -2.09. The number of nitrogens with one attached hydrogen (secondary N) is 1. The molecule has 3 aromatic rings. The fraction of sp³-hybridized carbons (Fsp3) is 0.250. The molecule has 0 aliphatic heterocycles. The first-order chi connectivity index (χ1) is 13.0. The molecule has 27 heavy (non-hydrogen) atoms. The number of hydrazone groups is 1. The van der Waals surface area contributed by atoms with Gasteiger partial charge in [0.2, 0.25) is 0 Å². The van der Waals surface area contributed by atoms with Crippen LogP contribution in [0.1, 0.15) is 46.1 Å². The number of nitrogens with two attached hydrogens (primary N) is 1. The van der Waals surface area contributed by atoms with E-state index < -0.39 is 0 Å². The van der Waals surface area contributed by atoms with Gasteiger partial charge < -0.3 is 5.73 Å². The molecule has 5 nitrogen and oxygen atoms in total.